The molecule has 3 heterocycles. The van der Waals surface area contributed by atoms with Crippen LogP contribution in [0.3, 0.4) is 0 Å². The van der Waals surface area contributed by atoms with E-state index in [1.807, 2.05) is 0 Å². The lowest BCUT2D eigenvalue weighted by atomic mass is 10.4. The zero-order valence-corrected chi connectivity index (χ0v) is 10.5. The fourth-order valence-corrected chi connectivity index (χ4v) is 2.44. The summed E-state index contributed by atoms with van der Waals surface area (Å²) in [6.07, 6.45) is 0. The van der Waals surface area contributed by atoms with Crippen LogP contribution in [0.1, 0.15) is 5.82 Å². The Kier molecular flexibility index (Phi) is 3.44. The molecule has 0 spiro atoms. The molecule has 2 aliphatic rings. The lowest BCUT2D eigenvalue weighted by Gasteiger charge is -2.26. The van der Waals surface area contributed by atoms with Crippen molar-refractivity contribution in [2.75, 3.05) is 39.4 Å². The van der Waals surface area contributed by atoms with E-state index in [1.54, 1.807) is 9.25 Å². The first-order valence-corrected chi connectivity index (χ1v) is 6.52. The molecule has 0 unspecified atom stereocenters. The highest BCUT2D eigenvalue weighted by Crippen LogP contribution is 1.99. The van der Waals surface area contributed by atoms with Gasteiger partial charge in [0.05, 0.1) is 26.3 Å². The van der Waals surface area contributed by atoms with E-state index in [1.165, 1.54) is 0 Å². The van der Waals surface area contributed by atoms with Gasteiger partial charge in [0.2, 0.25) is 0 Å². The average Bonchev–Trinajstić information content (AvgIpc) is 2.75. The normalized spacial score (nSPS) is 20.9. The largest absolute Gasteiger partial charge is 0.379 e. The number of ether oxygens (including phenoxy) is 1. The van der Waals surface area contributed by atoms with Crippen molar-refractivity contribution < 1.29 is 4.74 Å². The third-order valence-electron chi connectivity index (χ3n) is 3.53. The van der Waals surface area contributed by atoms with Crippen molar-refractivity contribution in [2.45, 2.75) is 19.6 Å². The second-order valence-corrected chi connectivity index (χ2v) is 4.70. The van der Waals surface area contributed by atoms with Crippen LogP contribution in [0.5, 0.6) is 0 Å². The molecule has 1 saturated heterocycles. The maximum atomic E-state index is 12.1. The molecule has 0 aliphatic carbocycles. The monoisotopic (exact) mass is 253 g/mol. The van der Waals surface area contributed by atoms with Gasteiger partial charge in [-0.2, -0.15) is 5.10 Å². The van der Waals surface area contributed by atoms with Gasteiger partial charge in [0.1, 0.15) is 5.82 Å². The SMILES string of the molecule is O=c1n(CCN2CCOCC2)nc2n1CCNC2. The van der Waals surface area contributed by atoms with Crippen molar-refractivity contribution in [1.82, 2.24) is 24.6 Å². The van der Waals surface area contributed by atoms with Gasteiger partial charge < -0.3 is 10.1 Å². The standard InChI is InChI=1S/C11H19N5O2/c17-11-15-2-1-12-9-10(15)13-16(11)4-3-14-5-7-18-8-6-14/h12H,1-9H2. The Balaban J connectivity index is 1.65. The van der Waals surface area contributed by atoms with Crippen LogP contribution < -0.4 is 11.0 Å². The van der Waals surface area contributed by atoms with Crippen LogP contribution in [0.25, 0.3) is 0 Å². The van der Waals surface area contributed by atoms with E-state index in [2.05, 4.69) is 15.3 Å². The highest BCUT2D eigenvalue weighted by atomic mass is 16.5. The van der Waals surface area contributed by atoms with Crippen LogP contribution in [0.15, 0.2) is 4.79 Å². The van der Waals surface area contributed by atoms with Gasteiger partial charge in [-0.05, 0) is 0 Å². The van der Waals surface area contributed by atoms with Crippen molar-refractivity contribution >= 4 is 0 Å². The Labute approximate surface area is 105 Å². The molecule has 0 aromatic carbocycles. The van der Waals surface area contributed by atoms with Crippen molar-refractivity contribution in [1.29, 1.82) is 0 Å². The molecule has 0 radical (unpaired) electrons. The van der Waals surface area contributed by atoms with Gasteiger partial charge in [0.15, 0.2) is 0 Å². The topological polar surface area (TPSA) is 64.3 Å². The van der Waals surface area contributed by atoms with Gasteiger partial charge in [0.25, 0.3) is 0 Å². The first-order chi connectivity index (χ1) is 8.84. The highest BCUT2D eigenvalue weighted by molar-refractivity contribution is 4.90. The van der Waals surface area contributed by atoms with Crippen molar-refractivity contribution in [3.63, 3.8) is 0 Å². The van der Waals surface area contributed by atoms with E-state index in [4.69, 9.17) is 4.74 Å². The molecule has 18 heavy (non-hydrogen) atoms. The number of nitrogens with zero attached hydrogens (tertiary/aromatic N) is 4. The molecule has 0 amide bonds. The van der Waals surface area contributed by atoms with E-state index in [9.17, 15) is 4.79 Å². The van der Waals surface area contributed by atoms with Crippen LogP contribution in [0.4, 0.5) is 0 Å². The summed E-state index contributed by atoms with van der Waals surface area (Å²) in [6, 6.07) is 0. The molecule has 7 heteroatoms. The van der Waals surface area contributed by atoms with Gasteiger partial charge in [-0.1, -0.05) is 0 Å². The Morgan fingerprint density at radius 2 is 2.06 bits per heavy atom. The number of hydrogen-bond donors (Lipinski definition) is 1. The predicted octanol–water partition coefficient (Wildman–Crippen LogP) is -1.52. The summed E-state index contributed by atoms with van der Waals surface area (Å²) in [7, 11) is 0. The third-order valence-corrected chi connectivity index (χ3v) is 3.53. The summed E-state index contributed by atoms with van der Waals surface area (Å²) in [4.78, 5) is 14.4. The molecule has 7 nitrogen and oxygen atoms in total. The lowest BCUT2D eigenvalue weighted by Crippen LogP contribution is -2.40. The summed E-state index contributed by atoms with van der Waals surface area (Å²) in [5, 5.41) is 7.61. The minimum absolute atomic E-state index is 0.0276. The smallest absolute Gasteiger partial charge is 0.346 e. The van der Waals surface area contributed by atoms with Crippen LogP contribution in [0.2, 0.25) is 0 Å². The van der Waals surface area contributed by atoms with Crippen LogP contribution in [-0.2, 0) is 24.4 Å². The van der Waals surface area contributed by atoms with Gasteiger partial charge in [-0.15, -0.1) is 0 Å². The zero-order chi connectivity index (χ0) is 12.4. The summed E-state index contributed by atoms with van der Waals surface area (Å²) in [5.41, 5.74) is 0.0276. The number of hydrogen-bond acceptors (Lipinski definition) is 5. The molecule has 1 fully saturated rings. The van der Waals surface area contributed by atoms with E-state index in [0.29, 0.717) is 13.1 Å². The van der Waals surface area contributed by atoms with E-state index >= 15 is 0 Å². The zero-order valence-electron chi connectivity index (χ0n) is 10.5. The van der Waals surface area contributed by atoms with E-state index in [-0.39, 0.29) is 5.69 Å². The Hall–Kier alpha value is -1.18. The number of aromatic nitrogens is 3. The summed E-state index contributed by atoms with van der Waals surface area (Å²) < 4.78 is 8.67. The molecule has 0 atom stereocenters. The van der Waals surface area contributed by atoms with Crippen LogP contribution >= 0.6 is 0 Å². The molecule has 2 aliphatic heterocycles. The minimum Gasteiger partial charge on any atom is -0.379 e. The van der Waals surface area contributed by atoms with Crippen molar-refractivity contribution in [2.24, 2.45) is 0 Å². The lowest BCUT2D eigenvalue weighted by molar-refractivity contribution is 0.0358. The average molecular weight is 253 g/mol. The molecule has 1 N–H and O–H groups in total. The first-order valence-electron chi connectivity index (χ1n) is 6.52. The van der Waals surface area contributed by atoms with Gasteiger partial charge in [-0.3, -0.25) is 9.47 Å². The van der Waals surface area contributed by atoms with Crippen molar-refractivity contribution in [3.05, 3.63) is 16.3 Å². The molecule has 1 aromatic heterocycles. The van der Waals surface area contributed by atoms with Gasteiger partial charge >= 0.3 is 5.69 Å². The summed E-state index contributed by atoms with van der Waals surface area (Å²) in [6.45, 7) is 7.28. The number of fused-ring (bicyclic) bond motifs is 1. The van der Waals surface area contributed by atoms with E-state index < -0.39 is 0 Å². The van der Waals surface area contributed by atoms with E-state index in [0.717, 1.165) is 51.8 Å². The predicted molar refractivity (Wildman–Crippen MR) is 65.5 cm³/mol. The molecule has 0 bridgehead atoms. The second-order valence-electron chi connectivity index (χ2n) is 4.70. The minimum atomic E-state index is 0.0276. The maximum Gasteiger partial charge on any atom is 0.346 e. The number of rotatable bonds is 3. The molecule has 0 saturated carbocycles. The Morgan fingerprint density at radius 3 is 2.83 bits per heavy atom. The molecular weight excluding hydrogens is 234 g/mol. The summed E-state index contributed by atoms with van der Waals surface area (Å²) >= 11 is 0. The van der Waals surface area contributed by atoms with Crippen LogP contribution in [-0.4, -0.2) is 58.6 Å². The number of morpholine rings is 1. The van der Waals surface area contributed by atoms with Crippen LogP contribution in [0, 0.1) is 0 Å². The van der Waals surface area contributed by atoms with Gasteiger partial charge in [-0.25, -0.2) is 9.48 Å². The molecular formula is C11H19N5O2. The van der Waals surface area contributed by atoms with Crippen molar-refractivity contribution in [3.8, 4) is 0 Å². The first kappa shape index (κ1) is 11.9. The Morgan fingerprint density at radius 1 is 1.22 bits per heavy atom. The molecule has 1 aromatic rings. The quantitative estimate of drug-likeness (QED) is 0.709. The fraction of sp³-hybridized carbons (Fsp3) is 0.818. The van der Waals surface area contributed by atoms with Gasteiger partial charge in [0, 0.05) is 32.7 Å². The Bertz CT molecular complexity index is 460. The summed E-state index contributed by atoms with van der Waals surface area (Å²) in [5.74, 6) is 0.855. The highest BCUT2D eigenvalue weighted by Gasteiger charge is 2.17. The second kappa shape index (κ2) is 5.21. The maximum absolute atomic E-state index is 12.1. The molecule has 100 valence electrons. The molecule has 3 rings (SSSR count). The number of nitrogens with one attached hydrogen (secondary N) is 1. The third kappa shape index (κ3) is 2.33. The fourth-order valence-electron chi connectivity index (χ4n) is 2.44.